The van der Waals surface area contributed by atoms with Crippen LogP contribution < -0.4 is 15.4 Å². The van der Waals surface area contributed by atoms with E-state index in [9.17, 15) is 9.59 Å². The topological polar surface area (TPSA) is 86.3 Å². The Kier molecular flexibility index (Phi) is 7.93. The fourth-order valence-corrected chi connectivity index (χ4v) is 3.35. The van der Waals surface area contributed by atoms with Crippen LogP contribution in [0.5, 0.6) is 5.75 Å². The number of rotatable bonds is 8. The third-order valence-corrected chi connectivity index (χ3v) is 5.26. The summed E-state index contributed by atoms with van der Waals surface area (Å²) in [6, 6.07) is 8.18. The van der Waals surface area contributed by atoms with E-state index in [2.05, 4.69) is 22.5 Å². The molecule has 0 aromatic heterocycles. The summed E-state index contributed by atoms with van der Waals surface area (Å²) in [6.07, 6.45) is 2.98. The van der Waals surface area contributed by atoms with E-state index >= 15 is 0 Å². The third kappa shape index (κ3) is 6.93. The molecule has 1 saturated carbocycles. The zero-order chi connectivity index (χ0) is 21.3. The zero-order valence-corrected chi connectivity index (χ0v) is 18.0. The highest BCUT2D eigenvalue weighted by Crippen LogP contribution is 2.18. The monoisotopic (exact) mass is 415 g/mol. The molecule has 1 aliphatic carbocycles. The van der Waals surface area contributed by atoms with Gasteiger partial charge in [-0.1, -0.05) is 12.1 Å². The van der Waals surface area contributed by atoms with Crippen LogP contribution in [0.4, 0.5) is 0 Å². The van der Waals surface area contributed by atoms with Gasteiger partial charge in [0.05, 0.1) is 0 Å². The lowest BCUT2D eigenvalue weighted by Gasteiger charge is -2.36. The van der Waals surface area contributed by atoms with Gasteiger partial charge in [0.25, 0.3) is 5.91 Å². The van der Waals surface area contributed by atoms with Crippen LogP contribution in [0.25, 0.3) is 0 Å². The van der Waals surface area contributed by atoms with Gasteiger partial charge in [-0.15, -0.1) is 0 Å². The second kappa shape index (κ2) is 10.8. The summed E-state index contributed by atoms with van der Waals surface area (Å²) < 4.78 is 5.55. The molecule has 1 aromatic rings. The smallest absolute Gasteiger partial charge is 0.258 e. The van der Waals surface area contributed by atoms with Crippen molar-refractivity contribution in [3.63, 3.8) is 0 Å². The van der Waals surface area contributed by atoms with Crippen LogP contribution in [0.2, 0.25) is 0 Å². The first kappa shape index (κ1) is 21.9. The molecule has 1 aromatic carbocycles. The summed E-state index contributed by atoms with van der Waals surface area (Å²) in [7, 11) is 0. The second-order valence-corrected chi connectivity index (χ2v) is 7.75. The van der Waals surface area contributed by atoms with E-state index in [-0.39, 0.29) is 18.4 Å². The molecule has 0 spiro atoms. The molecule has 1 saturated heterocycles. The number of carbonyl (C=O) groups excluding carboxylic acids is 2. The van der Waals surface area contributed by atoms with Gasteiger partial charge in [0, 0.05) is 52.2 Å². The van der Waals surface area contributed by atoms with Crippen molar-refractivity contribution >= 4 is 17.8 Å². The van der Waals surface area contributed by atoms with E-state index in [0.29, 0.717) is 18.3 Å². The first-order chi connectivity index (χ1) is 14.5. The molecular weight excluding hydrogens is 382 g/mol. The fourth-order valence-electron chi connectivity index (χ4n) is 3.35. The number of carbonyl (C=O) groups is 2. The van der Waals surface area contributed by atoms with Crippen LogP contribution in [-0.2, 0) is 16.0 Å². The lowest BCUT2D eigenvalue weighted by atomic mass is 10.1. The van der Waals surface area contributed by atoms with E-state index in [1.807, 2.05) is 29.2 Å². The van der Waals surface area contributed by atoms with Crippen molar-refractivity contribution in [2.24, 2.45) is 4.99 Å². The van der Waals surface area contributed by atoms with Crippen molar-refractivity contribution in [3.8, 4) is 5.75 Å². The standard InChI is InChI=1S/C22H33N5O3/c1-3-23-22(27-14-12-26(13-15-27)17(2)28)24-11-10-18-4-8-20(9-5-18)30-16-21(29)25-19-6-7-19/h4-5,8-9,19H,3,6-7,10-16H2,1-2H3,(H,23,24)(H,25,29). The Morgan fingerprint density at radius 3 is 2.37 bits per heavy atom. The Bertz CT molecular complexity index is 738. The number of benzene rings is 1. The van der Waals surface area contributed by atoms with E-state index in [1.54, 1.807) is 6.92 Å². The van der Waals surface area contributed by atoms with Crippen molar-refractivity contribution in [2.45, 2.75) is 39.2 Å². The largest absolute Gasteiger partial charge is 0.484 e. The van der Waals surface area contributed by atoms with E-state index < -0.39 is 0 Å². The van der Waals surface area contributed by atoms with Gasteiger partial charge in [-0.3, -0.25) is 14.6 Å². The van der Waals surface area contributed by atoms with E-state index in [0.717, 1.165) is 57.9 Å². The Balaban J connectivity index is 1.44. The van der Waals surface area contributed by atoms with Gasteiger partial charge in [-0.25, -0.2) is 0 Å². The molecule has 0 radical (unpaired) electrons. The summed E-state index contributed by atoms with van der Waals surface area (Å²) in [6.45, 7) is 8.30. The van der Waals surface area contributed by atoms with Crippen LogP contribution in [0.3, 0.4) is 0 Å². The maximum atomic E-state index is 11.7. The fraction of sp³-hybridized carbons (Fsp3) is 0.591. The lowest BCUT2D eigenvalue weighted by Crippen LogP contribution is -2.53. The molecule has 164 valence electrons. The number of ether oxygens (including phenoxy) is 1. The number of hydrogen-bond acceptors (Lipinski definition) is 4. The SMILES string of the molecule is CCNC(=NCCc1ccc(OCC(=O)NC2CC2)cc1)N1CCN(C(C)=O)CC1. The Hall–Kier alpha value is -2.77. The van der Waals surface area contributed by atoms with Crippen molar-refractivity contribution < 1.29 is 14.3 Å². The molecule has 1 heterocycles. The molecule has 3 rings (SSSR count). The molecule has 0 bridgehead atoms. The normalized spacial score (nSPS) is 16.9. The average molecular weight is 416 g/mol. The van der Waals surface area contributed by atoms with Gasteiger partial charge in [-0.05, 0) is 43.9 Å². The van der Waals surface area contributed by atoms with Crippen molar-refractivity contribution in [1.82, 2.24) is 20.4 Å². The first-order valence-electron chi connectivity index (χ1n) is 10.8. The minimum absolute atomic E-state index is 0.0586. The van der Waals surface area contributed by atoms with Crippen molar-refractivity contribution in [1.29, 1.82) is 0 Å². The van der Waals surface area contributed by atoms with Gasteiger partial charge in [-0.2, -0.15) is 0 Å². The maximum Gasteiger partial charge on any atom is 0.258 e. The van der Waals surface area contributed by atoms with Crippen LogP contribution >= 0.6 is 0 Å². The summed E-state index contributed by atoms with van der Waals surface area (Å²) in [5.41, 5.74) is 1.17. The summed E-state index contributed by atoms with van der Waals surface area (Å²) in [5.74, 6) is 1.68. The van der Waals surface area contributed by atoms with Gasteiger partial charge in [0.1, 0.15) is 5.75 Å². The molecule has 0 unspecified atom stereocenters. The maximum absolute atomic E-state index is 11.7. The summed E-state index contributed by atoms with van der Waals surface area (Å²) in [4.78, 5) is 32.1. The minimum Gasteiger partial charge on any atom is -0.484 e. The van der Waals surface area contributed by atoms with Gasteiger partial charge in [0.15, 0.2) is 12.6 Å². The predicted molar refractivity (Wildman–Crippen MR) is 117 cm³/mol. The van der Waals surface area contributed by atoms with Crippen LogP contribution in [0.1, 0.15) is 32.3 Å². The molecule has 0 atom stereocenters. The molecule has 8 nitrogen and oxygen atoms in total. The number of nitrogens with zero attached hydrogens (tertiary/aromatic N) is 3. The van der Waals surface area contributed by atoms with Gasteiger partial charge < -0.3 is 25.2 Å². The Morgan fingerprint density at radius 1 is 1.10 bits per heavy atom. The number of piperazine rings is 1. The van der Waals surface area contributed by atoms with Crippen LogP contribution in [0.15, 0.2) is 29.3 Å². The quantitative estimate of drug-likeness (QED) is 0.489. The summed E-state index contributed by atoms with van der Waals surface area (Å²) >= 11 is 0. The molecule has 2 N–H and O–H groups in total. The number of amides is 2. The Morgan fingerprint density at radius 2 is 1.77 bits per heavy atom. The average Bonchev–Trinajstić information content (AvgIpc) is 3.56. The van der Waals surface area contributed by atoms with E-state index in [4.69, 9.17) is 9.73 Å². The van der Waals surface area contributed by atoms with E-state index in [1.165, 1.54) is 5.56 Å². The highest BCUT2D eigenvalue weighted by molar-refractivity contribution is 5.80. The zero-order valence-electron chi connectivity index (χ0n) is 18.0. The molecule has 2 fully saturated rings. The van der Waals surface area contributed by atoms with Crippen LogP contribution in [-0.4, -0.2) is 79.5 Å². The van der Waals surface area contributed by atoms with Gasteiger partial charge in [0.2, 0.25) is 5.91 Å². The first-order valence-corrected chi connectivity index (χ1v) is 10.8. The number of guanidine groups is 1. The molecular formula is C22H33N5O3. The molecule has 8 heteroatoms. The molecule has 1 aliphatic heterocycles. The predicted octanol–water partition coefficient (Wildman–Crippen LogP) is 1.02. The third-order valence-electron chi connectivity index (χ3n) is 5.26. The van der Waals surface area contributed by atoms with Crippen molar-refractivity contribution in [2.75, 3.05) is 45.9 Å². The Labute approximate surface area is 178 Å². The highest BCUT2D eigenvalue weighted by atomic mass is 16.5. The number of hydrogen-bond donors (Lipinski definition) is 2. The van der Waals surface area contributed by atoms with Gasteiger partial charge >= 0.3 is 0 Å². The lowest BCUT2D eigenvalue weighted by molar-refractivity contribution is -0.130. The van der Waals surface area contributed by atoms with Crippen molar-refractivity contribution in [3.05, 3.63) is 29.8 Å². The van der Waals surface area contributed by atoms with Crippen LogP contribution in [0, 0.1) is 0 Å². The highest BCUT2D eigenvalue weighted by Gasteiger charge is 2.23. The number of aliphatic imine (C=N–C) groups is 1. The molecule has 2 amide bonds. The second-order valence-electron chi connectivity index (χ2n) is 7.75. The minimum atomic E-state index is -0.0593. The molecule has 30 heavy (non-hydrogen) atoms. The molecule has 2 aliphatic rings. The summed E-state index contributed by atoms with van der Waals surface area (Å²) in [5, 5.41) is 6.26. The number of nitrogens with one attached hydrogen (secondary N) is 2.